The molecule has 3 fully saturated rings. The first kappa shape index (κ1) is 28.9. The summed E-state index contributed by atoms with van der Waals surface area (Å²) in [5.74, 6) is -3.68. The number of esters is 2. The molecule has 1 saturated heterocycles. The molecule has 2 unspecified atom stereocenters. The zero-order valence-electron chi connectivity index (χ0n) is 23.6. The van der Waals surface area contributed by atoms with Crippen molar-refractivity contribution in [3.8, 4) is 0 Å². The van der Waals surface area contributed by atoms with Crippen LogP contribution in [0.1, 0.15) is 64.7 Å². The third-order valence-electron chi connectivity index (χ3n) is 10.5. The molecule has 40 heavy (non-hydrogen) atoms. The van der Waals surface area contributed by atoms with Gasteiger partial charge in [-0.3, -0.25) is 9.59 Å². The summed E-state index contributed by atoms with van der Waals surface area (Å²) in [4.78, 5) is 40.7. The van der Waals surface area contributed by atoms with Gasteiger partial charge >= 0.3 is 11.9 Å². The highest BCUT2D eigenvalue weighted by molar-refractivity contribution is 5.94. The number of carbonyl (C=O) groups excluding carboxylic acids is 3. The maximum absolute atomic E-state index is 14.4. The monoisotopic (exact) mass is 558 g/mol. The van der Waals surface area contributed by atoms with Gasteiger partial charge in [-0.15, -0.1) is 0 Å². The van der Waals surface area contributed by atoms with Crippen LogP contribution in [0.4, 0.5) is 0 Å². The van der Waals surface area contributed by atoms with E-state index >= 15 is 0 Å². The molecule has 1 aromatic carbocycles. The fourth-order valence-electron chi connectivity index (χ4n) is 8.41. The fraction of sp³-hybridized carbons (Fsp3) is 0.633. The van der Waals surface area contributed by atoms with Gasteiger partial charge in [0.05, 0.1) is 35.7 Å². The highest BCUT2D eigenvalue weighted by atomic mass is 16.6. The van der Waals surface area contributed by atoms with Crippen molar-refractivity contribution in [2.45, 2.75) is 95.6 Å². The standard InChI is InChI=1S/C30H38O10/c1-15-18(32)13-30(37)26(3,4)21(15)22(34)23(35)27(5)19(33)12-20-29(14-38-20,39-16(2)31)25(27)28(30,6)40-24(36)17-10-8-7-9-11-17/h7-11,18-20,22,25,32-34,37H,12-14H2,1-6H3/t18-,19-,20?,22+,25?,27-,28+,29-,30-/m0/s1. The number of ketones is 1. The van der Waals surface area contributed by atoms with Crippen LogP contribution in [0.25, 0.3) is 0 Å². The van der Waals surface area contributed by atoms with Crippen molar-refractivity contribution in [3.63, 3.8) is 0 Å². The molecule has 0 radical (unpaired) electrons. The second-order valence-electron chi connectivity index (χ2n) is 12.7. The number of hydrogen-bond acceptors (Lipinski definition) is 10. The van der Waals surface area contributed by atoms with Crippen LogP contribution in [0.15, 0.2) is 41.5 Å². The van der Waals surface area contributed by atoms with Crippen LogP contribution in [0.5, 0.6) is 0 Å². The third-order valence-corrected chi connectivity index (χ3v) is 10.5. The van der Waals surface area contributed by atoms with Gasteiger partial charge in [0, 0.05) is 25.2 Å². The minimum atomic E-state index is -2.13. The summed E-state index contributed by atoms with van der Waals surface area (Å²) < 4.78 is 18.0. The van der Waals surface area contributed by atoms with Crippen molar-refractivity contribution in [1.29, 1.82) is 0 Å². The first-order valence-electron chi connectivity index (χ1n) is 13.6. The molecule has 0 amide bonds. The molecule has 10 heteroatoms. The lowest BCUT2D eigenvalue weighted by Crippen LogP contribution is -2.85. The maximum Gasteiger partial charge on any atom is 0.338 e. The van der Waals surface area contributed by atoms with E-state index in [9.17, 15) is 34.8 Å². The molecule has 3 aliphatic carbocycles. The highest BCUT2D eigenvalue weighted by Gasteiger charge is 2.81. The van der Waals surface area contributed by atoms with Crippen LogP contribution < -0.4 is 0 Å². The summed E-state index contributed by atoms with van der Waals surface area (Å²) in [7, 11) is 0. The predicted molar refractivity (Wildman–Crippen MR) is 140 cm³/mol. The maximum atomic E-state index is 14.4. The van der Waals surface area contributed by atoms with Gasteiger partial charge < -0.3 is 34.6 Å². The van der Waals surface area contributed by atoms with Gasteiger partial charge in [0.15, 0.2) is 11.4 Å². The Kier molecular flexibility index (Phi) is 6.45. The Morgan fingerprint density at radius 2 is 1.65 bits per heavy atom. The van der Waals surface area contributed by atoms with Crippen molar-refractivity contribution >= 4 is 17.7 Å². The Balaban J connectivity index is 1.87. The van der Waals surface area contributed by atoms with Crippen molar-refractivity contribution < 1.29 is 49.0 Å². The zero-order valence-corrected chi connectivity index (χ0v) is 23.6. The van der Waals surface area contributed by atoms with E-state index in [0.29, 0.717) is 5.57 Å². The molecule has 2 saturated carbocycles. The molecule has 1 aliphatic heterocycles. The molecule has 0 aromatic heterocycles. The van der Waals surface area contributed by atoms with Crippen LogP contribution in [-0.4, -0.2) is 86.0 Å². The highest BCUT2D eigenvalue weighted by Crippen LogP contribution is 2.67. The molecule has 218 valence electrons. The van der Waals surface area contributed by atoms with E-state index in [4.69, 9.17) is 14.2 Å². The summed E-state index contributed by atoms with van der Waals surface area (Å²) in [5, 5.41) is 47.3. The van der Waals surface area contributed by atoms with Crippen LogP contribution in [0.3, 0.4) is 0 Å². The van der Waals surface area contributed by atoms with E-state index in [2.05, 4.69) is 0 Å². The summed E-state index contributed by atoms with van der Waals surface area (Å²) in [5.41, 5.74) is -8.51. The van der Waals surface area contributed by atoms with E-state index in [-0.39, 0.29) is 30.6 Å². The van der Waals surface area contributed by atoms with Crippen LogP contribution >= 0.6 is 0 Å². The van der Waals surface area contributed by atoms with Gasteiger partial charge in [0.2, 0.25) is 0 Å². The third kappa shape index (κ3) is 3.43. The van der Waals surface area contributed by atoms with Gasteiger partial charge in [-0.05, 0) is 44.1 Å². The molecule has 10 nitrogen and oxygen atoms in total. The van der Waals surface area contributed by atoms with Crippen molar-refractivity contribution in [2.75, 3.05) is 6.61 Å². The number of hydrogen-bond donors (Lipinski definition) is 4. The van der Waals surface area contributed by atoms with Crippen molar-refractivity contribution in [1.82, 2.24) is 0 Å². The number of Topliss-reactive ketones (excluding diaryl/α,β-unsaturated/α-hetero) is 1. The Labute approximate surface area is 232 Å². The molecule has 4 N–H and O–H groups in total. The number of aliphatic hydroxyl groups excluding tert-OH is 3. The summed E-state index contributed by atoms with van der Waals surface area (Å²) in [6.45, 7) is 8.76. The summed E-state index contributed by atoms with van der Waals surface area (Å²) in [6.07, 6.45) is -5.80. The molecule has 1 aromatic rings. The van der Waals surface area contributed by atoms with Crippen molar-refractivity contribution in [2.24, 2.45) is 16.7 Å². The minimum Gasteiger partial charge on any atom is -0.453 e. The molecular formula is C30H38O10. The number of carbonyl (C=O) groups is 3. The number of aliphatic hydroxyl groups is 4. The van der Waals surface area contributed by atoms with Gasteiger partial charge in [0.1, 0.15) is 23.4 Å². The quantitative estimate of drug-likeness (QED) is 0.316. The average molecular weight is 559 g/mol. The predicted octanol–water partition coefficient (Wildman–Crippen LogP) is 1.47. The first-order valence-corrected chi connectivity index (χ1v) is 13.6. The Morgan fingerprint density at radius 3 is 2.20 bits per heavy atom. The van der Waals surface area contributed by atoms with E-state index in [1.165, 1.54) is 32.9 Å². The van der Waals surface area contributed by atoms with E-state index < -0.39 is 75.7 Å². The van der Waals surface area contributed by atoms with E-state index in [1.54, 1.807) is 39.0 Å². The smallest absolute Gasteiger partial charge is 0.338 e. The minimum absolute atomic E-state index is 0.0933. The lowest BCUT2D eigenvalue weighted by molar-refractivity contribution is -0.365. The van der Waals surface area contributed by atoms with Gasteiger partial charge in [-0.1, -0.05) is 32.0 Å². The number of fused-ring (bicyclic) bond motifs is 5. The molecular weight excluding hydrogens is 520 g/mol. The van der Waals surface area contributed by atoms with Gasteiger partial charge in [-0.2, -0.15) is 0 Å². The Morgan fingerprint density at radius 1 is 1.02 bits per heavy atom. The van der Waals surface area contributed by atoms with Gasteiger partial charge in [-0.25, -0.2) is 4.79 Å². The molecule has 2 bridgehead atoms. The number of rotatable bonds is 3. The topological polar surface area (TPSA) is 160 Å². The lowest BCUT2D eigenvalue weighted by atomic mass is 9.41. The largest absolute Gasteiger partial charge is 0.453 e. The Bertz CT molecular complexity index is 1290. The second-order valence-corrected chi connectivity index (χ2v) is 12.7. The van der Waals surface area contributed by atoms with E-state index in [0.717, 1.165) is 0 Å². The molecule has 1 heterocycles. The number of ether oxygens (including phenoxy) is 3. The van der Waals surface area contributed by atoms with E-state index in [1.807, 2.05) is 0 Å². The second kappa shape index (κ2) is 8.93. The van der Waals surface area contributed by atoms with Crippen LogP contribution in [0.2, 0.25) is 0 Å². The number of benzene rings is 1. The first-order chi connectivity index (χ1) is 18.5. The average Bonchev–Trinajstić information content (AvgIpc) is 2.87. The van der Waals surface area contributed by atoms with Gasteiger partial charge in [0.25, 0.3) is 0 Å². The van der Waals surface area contributed by atoms with Crippen LogP contribution in [0, 0.1) is 16.7 Å². The summed E-state index contributed by atoms with van der Waals surface area (Å²) >= 11 is 0. The molecule has 9 atom stereocenters. The normalized spacial score (nSPS) is 43.9. The fourth-order valence-corrected chi connectivity index (χ4v) is 8.41. The molecule has 5 rings (SSSR count). The Hall–Kier alpha value is -2.63. The molecule has 4 aliphatic rings. The van der Waals surface area contributed by atoms with Crippen molar-refractivity contribution in [3.05, 3.63) is 47.0 Å². The SMILES string of the molecule is CC(=O)O[C@@]12COC1C[C@H](O)[C@@]1(C)C(=O)[C@H](O)C3=C(C)[C@@H](O)C[C@](O)(C3(C)C)[C@](C)(OC(=O)c3ccccc3)C21. The summed E-state index contributed by atoms with van der Waals surface area (Å²) in [6, 6.07) is 8.10. The van der Waals surface area contributed by atoms with Crippen LogP contribution in [-0.2, 0) is 23.8 Å². The molecule has 0 spiro atoms. The zero-order chi connectivity index (χ0) is 29.6. The lowest BCUT2D eigenvalue weighted by Gasteiger charge is -2.70.